The summed E-state index contributed by atoms with van der Waals surface area (Å²) in [5.41, 5.74) is 0. The second-order valence-corrected chi connectivity index (χ2v) is 2.99. The Hall–Kier alpha value is -0.120. The molecule has 0 amide bonds. The highest BCUT2D eigenvalue weighted by atomic mass is 16.5. The molecule has 3 nitrogen and oxygen atoms in total. The minimum absolute atomic E-state index is 0.242. The number of likely N-dealkylation sites (N-methyl/N-ethyl adjacent to an activating group) is 1. The topological polar surface area (TPSA) is 32.7 Å². The first-order valence-corrected chi connectivity index (χ1v) is 4.68. The van der Waals surface area contributed by atoms with E-state index in [1.165, 1.54) is 0 Å². The van der Waals surface area contributed by atoms with Gasteiger partial charge in [-0.05, 0) is 19.9 Å². The van der Waals surface area contributed by atoms with Crippen molar-refractivity contribution in [3.05, 3.63) is 0 Å². The fourth-order valence-corrected chi connectivity index (χ4v) is 0.965. The van der Waals surface area contributed by atoms with Crippen LogP contribution in [0.1, 0.15) is 19.8 Å². The third-order valence-corrected chi connectivity index (χ3v) is 1.66. The molecule has 74 valence electrons. The molecule has 0 saturated carbocycles. The van der Waals surface area contributed by atoms with E-state index in [4.69, 9.17) is 9.84 Å². The van der Waals surface area contributed by atoms with Gasteiger partial charge in [-0.2, -0.15) is 0 Å². The molecule has 0 saturated heterocycles. The van der Waals surface area contributed by atoms with Crippen molar-refractivity contribution in [2.24, 2.45) is 0 Å². The average molecular weight is 175 g/mol. The van der Waals surface area contributed by atoms with Crippen molar-refractivity contribution in [2.45, 2.75) is 19.8 Å². The Balaban J connectivity index is 2.97. The highest BCUT2D eigenvalue weighted by Gasteiger charge is 1.95. The standard InChI is InChI=1S/C9H21NO2/c1-3-8-12-9-4-5-10(2)6-7-11/h11H,3-9H2,1-2H3. The maximum Gasteiger partial charge on any atom is 0.0558 e. The Morgan fingerprint density at radius 3 is 2.58 bits per heavy atom. The lowest BCUT2D eigenvalue weighted by Crippen LogP contribution is -2.24. The van der Waals surface area contributed by atoms with Crippen LogP contribution in [0, 0.1) is 0 Å². The molecule has 0 aromatic carbocycles. The molecule has 0 atom stereocenters. The van der Waals surface area contributed by atoms with Gasteiger partial charge in [0.05, 0.1) is 6.61 Å². The van der Waals surface area contributed by atoms with Gasteiger partial charge < -0.3 is 14.7 Å². The first-order valence-electron chi connectivity index (χ1n) is 4.68. The first kappa shape index (κ1) is 11.9. The van der Waals surface area contributed by atoms with Gasteiger partial charge in [-0.1, -0.05) is 6.92 Å². The number of hydrogen-bond acceptors (Lipinski definition) is 3. The molecule has 0 unspecified atom stereocenters. The van der Waals surface area contributed by atoms with Crippen molar-refractivity contribution in [2.75, 3.05) is 40.0 Å². The number of nitrogens with zero attached hydrogens (tertiary/aromatic N) is 1. The van der Waals surface area contributed by atoms with E-state index in [0.29, 0.717) is 0 Å². The molecule has 0 aliphatic heterocycles. The molecule has 0 bridgehead atoms. The predicted octanol–water partition coefficient (Wildman–Crippen LogP) is 0.727. The molecule has 0 aromatic rings. The van der Waals surface area contributed by atoms with E-state index in [1.54, 1.807) is 0 Å². The quantitative estimate of drug-likeness (QED) is 0.552. The fraction of sp³-hybridized carbons (Fsp3) is 1.00. The molecular formula is C9H21NO2. The molecule has 1 N–H and O–H groups in total. The van der Waals surface area contributed by atoms with Crippen LogP contribution in [0.5, 0.6) is 0 Å². The predicted molar refractivity (Wildman–Crippen MR) is 50.3 cm³/mol. The van der Waals surface area contributed by atoms with Crippen LogP contribution < -0.4 is 0 Å². The minimum Gasteiger partial charge on any atom is -0.395 e. The molecule has 0 aliphatic rings. The Morgan fingerprint density at radius 2 is 2.00 bits per heavy atom. The summed E-state index contributed by atoms with van der Waals surface area (Å²) in [7, 11) is 2.01. The molecule has 3 heteroatoms. The summed E-state index contributed by atoms with van der Waals surface area (Å²) < 4.78 is 5.32. The smallest absolute Gasteiger partial charge is 0.0558 e. The van der Waals surface area contributed by atoms with Crippen LogP contribution in [-0.2, 0) is 4.74 Å². The third-order valence-electron chi connectivity index (χ3n) is 1.66. The maximum absolute atomic E-state index is 8.60. The van der Waals surface area contributed by atoms with Crippen LogP contribution in [-0.4, -0.2) is 50.0 Å². The van der Waals surface area contributed by atoms with Crippen molar-refractivity contribution in [1.29, 1.82) is 0 Å². The molecule has 0 aromatic heterocycles. The Labute approximate surface area is 75.3 Å². The second kappa shape index (κ2) is 8.97. The first-order chi connectivity index (χ1) is 5.81. The van der Waals surface area contributed by atoms with Crippen molar-refractivity contribution in [1.82, 2.24) is 4.90 Å². The summed E-state index contributed by atoms with van der Waals surface area (Å²) in [6.45, 7) is 5.82. The van der Waals surface area contributed by atoms with E-state index in [0.717, 1.165) is 39.1 Å². The fourth-order valence-electron chi connectivity index (χ4n) is 0.965. The summed E-state index contributed by atoms with van der Waals surface area (Å²) in [5.74, 6) is 0. The van der Waals surface area contributed by atoms with Crippen LogP contribution >= 0.6 is 0 Å². The zero-order valence-electron chi connectivity index (χ0n) is 8.25. The summed E-state index contributed by atoms with van der Waals surface area (Å²) in [4.78, 5) is 2.11. The van der Waals surface area contributed by atoms with Gasteiger partial charge in [-0.15, -0.1) is 0 Å². The molecule has 0 rings (SSSR count). The van der Waals surface area contributed by atoms with E-state index < -0.39 is 0 Å². The van der Waals surface area contributed by atoms with E-state index in [1.807, 2.05) is 7.05 Å². The van der Waals surface area contributed by atoms with E-state index in [2.05, 4.69) is 11.8 Å². The van der Waals surface area contributed by atoms with E-state index in [9.17, 15) is 0 Å². The SMILES string of the molecule is CCCOCCCN(C)CCO. The van der Waals surface area contributed by atoms with Crippen molar-refractivity contribution >= 4 is 0 Å². The number of aliphatic hydroxyl groups is 1. The second-order valence-electron chi connectivity index (χ2n) is 2.99. The molecule has 0 heterocycles. The minimum atomic E-state index is 0.242. The monoisotopic (exact) mass is 175 g/mol. The maximum atomic E-state index is 8.60. The zero-order chi connectivity index (χ0) is 9.23. The van der Waals surface area contributed by atoms with Gasteiger partial charge in [0.1, 0.15) is 0 Å². The van der Waals surface area contributed by atoms with Crippen LogP contribution in [0.15, 0.2) is 0 Å². The summed E-state index contributed by atoms with van der Waals surface area (Å²) in [6, 6.07) is 0. The summed E-state index contributed by atoms with van der Waals surface area (Å²) in [5, 5.41) is 8.60. The van der Waals surface area contributed by atoms with Crippen LogP contribution in [0.3, 0.4) is 0 Å². The Morgan fingerprint density at radius 1 is 1.25 bits per heavy atom. The number of aliphatic hydroxyl groups excluding tert-OH is 1. The van der Waals surface area contributed by atoms with Crippen molar-refractivity contribution < 1.29 is 9.84 Å². The lowest BCUT2D eigenvalue weighted by atomic mass is 10.4. The summed E-state index contributed by atoms with van der Waals surface area (Å²) >= 11 is 0. The van der Waals surface area contributed by atoms with Gasteiger partial charge in [-0.25, -0.2) is 0 Å². The highest BCUT2D eigenvalue weighted by Crippen LogP contribution is 1.89. The van der Waals surface area contributed by atoms with Gasteiger partial charge >= 0.3 is 0 Å². The van der Waals surface area contributed by atoms with E-state index in [-0.39, 0.29) is 6.61 Å². The van der Waals surface area contributed by atoms with Gasteiger partial charge in [0.15, 0.2) is 0 Å². The van der Waals surface area contributed by atoms with Gasteiger partial charge in [0, 0.05) is 26.3 Å². The van der Waals surface area contributed by atoms with Crippen molar-refractivity contribution in [3.8, 4) is 0 Å². The number of hydrogen-bond donors (Lipinski definition) is 1. The van der Waals surface area contributed by atoms with Crippen LogP contribution in [0.4, 0.5) is 0 Å². The summed E-state index contributed by atoms with van der Waals surface area (Å²) in [6.07, 6.45) is 2.14. The third kappa shape index (κ3) is 7.98. The molecule has 0 radical (unpaired) electrons. The normalized spacial score (nSPS) is 11.0. The average Bonchev–Trinajstić information content (AvgIpc) is 2.05. The molecule has 0 aliphatic carbocycles. The number of ether oxygens (including phenoxy) is 1. The van der Waals surface area contributed by atoms with Crippen LogP contribution in [0.25, 0.3) is 0 Å². The molecule has 0 spiro atoms. The van der Waals surface area contributed by atoms with Gasteiger partial charge in [0.2, 0.25) is 0 Å². The lowest BCUT2D eigenvalue weighted by Gasteiger charge is -2.14. The van der Waals surface area contributed by atoms with Gasteiger partial charge in [-0.3, -0.25) is 0 Å². The molecule has 12 heavy (non-hydrogen) atoms. The Bertz CT molecular complexity index is 88.6. The van der Waals surface area contributed by atoms with Crippen LogP contribution in [0.2, 0.25) is 0 Å². The van der Waals surface area contributed by atoms with Gasteiger partial charge in [0.25, 0.3) is 0 Å². The zero-order valence-corrected chi connectivity index (χ0v) is 8.25. The lowest BCUT2D eigenvalue weighted by molar-refractivity contribution is 0.121. The largest absolute Gasteiger partial charge is 0.395 e. The van der Waals surface area contributed by atoms with E-state index >= 15 is 0 Å². The Kier molecular flexibility index (Phi) is 8.88. The molecular weight excluding hydrogens is 154 g/mol. The highest BCUT2D eigenvalue weighted by molar-refractivity contribution is 4.49. The number of rotatable bonds is 8. The molecule has 0 fully saturated rings. The van der Waals surface area contributed by atoms with Crippen molar-refractivity contribution in [3.63, 3.8) is 0 Å².